The predicted molar refractivity (Wildman–Crippen MR) is 212 cm³/mol. The summed E-state index contributed by atoms with van der Waals surface area (Å²) in [6, 6.07) is 17.9. The summed E-state index contributed by atoms with van der Waals surface area (Å²) in [5, 5.41) is 12.8. The van der Waals surface area contributed by atoms with Gasteiger partial charge in [-0.25, -0.2) is 4.98 Å². The van der Waals surface area contributed by atoms with E-state index < -0.39 is 17.4 Å². The zero-order chi connectivity index (χ0) is 38.7. The van der Waals surface area contributed by atoms with Gasteiger partial charge in [-0.1, -0.05) is 18.2 Å². The lowest BCUT2D eigenvalue weighted by Gasteiger charge is -2.40. The number of piperazine rings is 1. The number of phenols is 1. The quantitative estimate of drug-likeness (QED) is 0.160. The summed E-state index contributed by atoms with van der Waals surface area (Å²) in [7, 11) is 1.61. The van der Waals surface area contributed by atoms with Crippen molar-refractivity contribution in [2.45, 2.75) is 38.3 Å². The normalized spacial score (nSPS) is 19.6. The molecule has 3 fully saturated rings. The lowest BCUT2D eigenvalue weighted by Crippen LogP contribution is -2.52. The average Bonchev–Trinajstić information content (AvgIpc) is 3.53. The van der Waals surface area contributed by atoms with Crippen LogP contribution >= 0.6 is 0 Å². The number of carbonyl (C=O) groups is 3. The molecule has 0 saturated carbocycles. The number of aromatic nitrogens is 1. The number of aromatic hydroxyl groups is 1. The van der Waals surface area contributed by atoms with Gasteiger partial charge >= 0.3 is 0 Å². The summed E-state index contributed by atoms with van der Waals surface area (Å²) in [5.41, 5.74) is 11.3. The molecule has 4 aliphatic rings. The average molecular weight is 758 g/mol. The number of hydrogen-bond acceptors (Lipinski definition) is 12. The third-order valence-electron chi connectivity index (χ3n) is 11.9. The highest BCUT2D eigenvalue weighted by atomic mass is 16.5. The topological polar surface area (TPSA) is 175 Å². The van der Waals surface area contributed by atoms with Gasteiger partial charge in [0.1, 0.15) is 34.3 Å². The van der Waals surface area contributed by atoms with Crippen molar-refractivity contribution in [1.82, 2.24) is 20.1 Å². The van der Waals surface area contributed by atoms with E-state index in [1.165, 1.54) is 6.07 Å². The van der Waals surface area contributed by atoms with Crippen molar-refractivity contribution < 1.29 is 28.6 Å². The molecule has 2 aromatic heterocycles. The van der Waals surface area contributed by atoms with Crippen molar-refractivity contribution in [2.75, 3.05) is 68.5 Å². The van der Waals surface area contributed by atoms with E-state index in [9.17, 15) is 24.3 Å². The van der Waals surface area contributed by atoms with Gasteiger partial charge in [0.25, 0.3) is 5.91 Å². The Morgan fingerprint density at radius 2 is 1.64 bits per heavy atom. The molecule has 4 N–H and O–H groups in total. The maximum atomic E-state index is 13.5. The van der Waals surface area contributed by atoms with Crippen molar-refractivity contribution in [1.29, 1.82) is 0 Å². The molecule has 288 valence electrons. The largest absolute Gasteiger partial charge is 0.507 e. The molecule has 3 amide bonds. The van der Waals surface area contributed by atoms with E-state index in [-0.39, 0.29) is 52.8 Å². The summed E-state index contributed by atoms with van der Waals surface area (Å²) in [6.45, 7) is 6.84. The molecule has 1 atom stereocenters. The Balaban J connectivity index is 0.808. The number of fused-ring (bicyclic) bond motifs is 3. The third-order valence-corrected chi connectivity index (χ3v) is 11.9. The van der Waals surface area contributed by atoms with Gasteiger partial charge in [0, 0.05) is 80.8 Å². The number of benzene rings is 3. The molecule has 3 saturated heterocycles. The van der Waals surface area contributed by atoms with Crippen LogP contribution in [0.1, 0.15) is 41.6 Å². The van der Waals surface area contributed by atoms with Crippen LogP contribution in [0.4, 0.5) is 17.2 Å². The van der Waals surface area contributed by atoms with Crippen LogP contribution in [0.3, 0.4) is 0 Å². The van der Waals surface area contributed by atoms with E-state index in [0.29, 0.717) is 34.8 Å². The molecule has 0 radical (unpaired) electrons. The van der Waals surface area contributed by atoms with Crippen molar-refractivity contribution >= 4 is 57.0 Å². The zero-order valence-electron chi connectivity index (χ0n) is 31.1. The molecule has 9 rings (SSSR count). The van der Waals surface area contributed by atoms with Gasteiger partial charge in [0.2, 0.25) is 17.2 Å². The molecule has 6 heterocycles. The van der Waals surface area contributed by atoms with E-state index >= 15 is 0 Å². The number of amides is 3. The number of anilines is 3. The number of nitrogens with zero attached hydrogens (tertiary/aromatic N) is 5. The first-order valence-corrected chi connectivity index (χ1v) is 19.2. The second kappa shape index (κ2) is 14.2. The molecule has 14 heteroatoms. The maximum Gasteiger partial charge on any atom is 0.255 e. The number of piperidine rings is 2. The molecule has 0 aliphatic carbocycles. The first-order chi connectivity index (χ1) is 27.1. The van der Waals surface area contributed by atoms with Crippen molar-refractivity contribution in [2.24, 2.45) is 5.92 Å². The SMILES string of the molecule is COc1cc(N2CCC(CN3CCN(c4ccc(-c5cc(N)nc6c(=O)c7c(O)cccc7oc56)cc4)CC3)CC2)cc2c1CN(C1CCC(=O)NC1=O)C2=O. The molecule has 4 aliphatic heterocycles. The standard InChI is InChI=1S/C42H43N7O7/c1-55-34-20-27(19-29-30(34)23-49(42(29)54)31-9-10-36(51)45-41(31)53)47-13-11-24(12-14-47)22-46-15-17-48(18-16-46)26-7-5-25(6-8-26)28-21-35(43)44-38-39(52)37-32(50)3-2-4-33(37)56-40(28)38/h2-8,19-21,24,31,50H,9-18,22-23H2,1H3,(H2,43,44)(H,45,51,53). The summed E-state index contributed by atoms with van der Waals surface area (Å²) < 4.78 is 11.9. The number of ether oxygens (including phenoxy) is 1. The summed E-state index contributed by atoms with van der Waals surface area (Å²) in [4.78, 5) is 64.2. The van der Waals surface area contributed by atoms with Crippen molar-refractivity contribution in [3.05, 3.63) is 82.0 Å². The van der Waals surface area contributed by atoms with E-state index in [2.05, 4.69) is 37.1 Å². The summed E-state index contributed by atoms with van der Waals surface area (Å²) >= 11 is 0. The van der Waals surface area contributed by atoms with Gasteiger partial charge in [-0.3, -0.25) is 29.4 Å². The first kappa shape index (κ1) is 35.5. The van der Waals surface area contributed by atoms with Crippen LogP contribution in [0.15, 0.2) is 69.9 Å². The number of hydrogen-bond donors (Lipinski definition) is 3. The molecular formula is C42H43N7O7. The van der Waals surface area contributed by atoms with Gasteiger partial charge in [-0.15, -0.1) is 0 Å². The van der Waals surface area contributed by atoms with E-state index in [4.69, 9.17) is 14.9 Å². The summed E-state index contributed by atoms with van der Waals surface area (Å²) in [6.07, 6.45) is 2.63. The fourth-order valence-electron chi connectivity index (χ4n) is 8.84. The molecule has 56 heavy (non-hydrogen) atoms. The van der Waals surface area contributed by atoms with Gasteiger partial charge in [0.15, 0.2) is 11.1 Å². The fraction of sp³-hybridized carbons (Fsp3) is 0.357. The van der Waals surface area contributed by atoms with Gasteiger partial charge < -0.3 is 34.7 Å². The van der Waals surface area contributed by atoms with E-state index in [1.54, 1.807) is 30.2 Å². The third kappa shape index (κ3) is 6.33. The molecule has 0 bridgehead atoms. The van der Waals surface area contributed by atoms with Gasteiger partial charge in [-0.2, -0.15) is 0 Å². The predicted octanol–water partition coefficient (Wildman–Crippen LogP) is 4.10. The zero-order valence-corrected chi connectivity index (χ0v) is 31.1. The van der Waals surface area contributed by atoms with Crippen molar-refractivity contribution in [3.8, 4) is 22.6 Å². The number of rotatable bonds is 7. The smallest absolute Gasteiger partial charge is 0.255 e. The van der Waals surface area contributed by atoms with Crippen LogP contribution in [0.25, 0.3) is 33.2 Å². The van der Waals surface area contributed by atoms with E-state index in [0.717, 1.165) is 81.2 Å². The minimum Gasteiger partial charge on any atom is -0.507 e. The Hall–Kier alpha value is -6.15. The van der Waals surface area contributed by atoms with E-state index in [1.807, 2.05) is 24.3 Å². The highest BCUT2D eigenvalue weighted by molar-refractivity contribution is 6.06. The Morgan fingerprint density at radius 3 is 2.38 bits per heavy atom. The number of phenolic OH excluding ortho intramolecular Hbond substituents is 1. The molecular weight excluding hydrogens is 715 g/mol. The molecule has 14 nitrogen and oxygen atoms in total. The lowest BCUT2D eigenvalue weighted by molar-refractivity contribution is -0.136. The minimum atomic E-state index is -0.663. The van der Waals surface area contributed by atoms with Crippen LogP contribution < -0.4 is 31.0 Å². The molecule has 1 unspecified atom stereocenters. The van der Waals surface area contributed by atoms with Crippen LogP contribution in [-0.4, -0.2) is 96.6 Å². The van der Waals surface area contributed by atoms with Gasteiger partial charge in [-0.05, 0) is 67.1 Å². The number of nitrogens with one attached hydrogen (secondary N) is 1. The van der Waals surface area contributed by atoms with Crippen molar-refractivity contribution in [3.63, 3.8) is 0 Å². The monoisotopic (exact) mass is 757 g/mol. The Labute approximate surface area is 322 Å². The molecule has 0 spiro atoms. The number of nitrogens with two attached hydrogens (primary N) is 1. The number of pyridine rings is 1. The molecule has 3 aromatic carbocycles. The number of methoxy groups -OCH3 is 1. The fourth-order valence-corrected chi connectivity index (χ4v) is 8.84. The van der Waals surface area contributed by atoms with Gasteiger partial charge in [0.05, 0.1) is 19.2 Å². The summed E-state index contributed by atoms with van der Waals surface area (Å²) in [5.74, 6) is 0.340. The number of nitrogen functional groups attached to an aromatic ring is 1. The van der Waals surface area contributed by atoms with Crippen LogP contribution in [0.2, 0.25) is 0 Å². The molecule has 5 aromatic rings. The van der Waals surface area contributed by atoms with Crippen LogP contribution in [-0.2, 0) is 16.1 Å². The Morgan fingerprint density at radius 1 is 0.893 bits per heavy atom. The maximum absolute atomic E-state index is 13.5. The Kier molecular flexibility index (Phi) is 8.99. The number of imide groups is 1. The van der Waals surface area contributed by atoms with Crippen LogP contribution in [0.5, 0.6) is 11.5 Å². The lowest BCUT2D eigenvalue weighted by atomic mass is 9.95. The highest BCUT2D eigenvalue weighted by Crippen LogP contribution is 2.39. The first-order valence-electron chi connectivity index (χ1n) is 19.2. The number of carbonyl (C=O) groups excluding carboxylic acids is 3. The van der Waals surface area contributed by atoms with Crippen LogP contribution in [0, 0.1) is 5.92 Å². The minimum absolute atomic E-state index is 0.0833. The second-order valence-corrected chi connectivity index (χ2v) is 15.2. The Bertz CT molecular complexity index is 2450. The second-order valence-electron chi connectivity index (χ2n) is 15.2. The highest BCUT2D eigenvalue weighted by Gasteiger charge is 2.41.